The maximum Gasteiger partial charge on any atom is 0.416 e. The van der Waals surface area contributed by atoms with Crippen molar-refractivity contribution in [1.82, 2.24) is 9.80 Å². The van der Waals surface area contributed by atoms with Crippen molar-refractivity contribution in [2.24, 2.45) is 0 Å². The Morgan fingerprint density at radius 3 is 2.27 bits per heavy atom. The molecule has 0 aliphatic carbocycles. The first-order chi connectivity index (χ1) is 14.2. The lowest BCUT2D eigenvalue weighted by molar-refractivity contribution is -0.141. The van der Waals surface area contributed by atoms with Gasteiger partial charge >= 0.3 is 12.1 Å². The van der Waals surface area contributed by atoms with Crippen molar-refractivity contribution in [2.45, 2.75) is 25.6 Å². The smallest absolute Gasteiger partial charge is 0.416 e. The average Bonchev–Trinajstić information content (AvgIpc) is 2.71. The fourth-order valence-corrected chi connectivity index (χ4v) is 3.19. The van der Waals surface area contributed by atoms with Crippen LogP contribution in [0.5, 0.6) is 0 Å². The molecule has 164 valence electrons. The average molecular weight is 422 g/mol. The third kappa shape index (κ3) is 7.80. The lowest BCUT2D eigenvalue weighted by atomic mass is 10.0. The Kier molecular flexibility index (Phi) is 8.87. The third-order valence-corrected chi connectivity index (χ3v) is 4.82. The van der Waals surface area contributed by atoms with Crippen molar-refractivity contribution in [3.05, 3.63) is 59.7 Å². The number of methoxy groups -OCH3 is 1. The Hall–Kier alpha value is -2.38. The number of carbonyl (C=O) groups is 1. The molecule has 2 aromatic carbocycles. The van der Waals surface area contributed by atoms with Crippen LogP contribution in [0.1, 0.15) is 24.0 Å². The first kappa shape index (κ1) is 23.9. The number of hydrogen-bond acceptors (Lipinski definition) is 4. The molecule has 0 fully saturated rings. The molecule has 30 heavy (non-hydrogen) atoms. The Balaban J connectivity index is 2.11. The summed E-state index contributed by atoms with van der Waals surface area (Å²) in [5.41, 5.74) is 1.99. The first-order valence-electron chi connectivity index (χ1n) is 9.89. The van der Waals surface area contributed by atoms with E-state index in [1.807, 2.05) is 38.4 Å². The molecule has 0 N–H and O–H groups in total. The second kappa shape index (κ2) is 11.1. The molecule has 0 radical (unpaired) electrons. The second-order valence-electron chi connectivity index (χ2n) is 7.53. The highest BCUT2D eigenvalue weighted by Crippen LogP contribution is 2.31. The van der Waals surface area contributed by atoms with Crippen molar-refractivity contribution in [1.29, 1.82) is 0 Å². The van der Waals surface area contributed by atoms with Crippen LogP contribution < -0.4 is 0 Å². The van der Waals surface area contributed by atoms with E-state index in [1.54, 1.807) is 0 Å². The van der Waals surface area contributed by atoms with E-state index in [2.05, 4.69) is 9.80 Å². The quantitative estimate of drug-likeness (QED) is 0.520. The Labute approximate surface area is 176 Å². The molecule has 2 aromatic rings. The van der Waals surface area contributed by atoms with Gasteiger partial charge in [0, 0.05) is 13.1 Å². The normalized spacial score (nSPS) is 11.9. The molecule has 0 unspecified atom stereocenters. The summed E-state index contributed by atoms with van der Waals surface area (Å²) in [7, 11) is 5.42. The fourth-order valence-electron chi connectivity index (χ4n) is 3.19. The van der Waals surface area contributed by atoms with Gasteiger partial charge in [0.1, 0.15) is 0 Å². The number of benzene rings is 2. The third-order valence-electron chi connectivity index (χ3n) is 4.82. The van der Waals surface area contributed by atoms with E-state index in [1.165, 1.54) is 19.2 Å². The molecule has 0 atom stereocenters. The van der Waals surface area contributed by atoms with Gasteiger partial charge in [-0.3, -0.25) is 9.69 Å². The van der Waals surface area contributed by atoms with Crippen molar-refractivity contribution >= 4 is 5.97 Å². The lowest BCUT2D eigenvalue weighted by Gasteiger charge is -2.23. The number of esters is 1. The zero-order chi connectivity index (χ0) is 22.1. The lowest BCUT2D eigenvalue weighted by Crippen LogP contribution is -2.29. The zero-order valence-corrected chi connectivity index (χ0v) is 17.7. The minimum absolute atomic E-state index is 0.244. The molecule has 7 heteroatoms. The van der Waals surface area contributed by atoms with Gasteiger partial charge in [0.25, 0.3) is 0 Å². The fraction of sp³-hybridized carbons (Fsp3) is 0.435. The van der Waals surface area contributed by atoms with Crippen LogP contribution in [0, 0.1) is 0 Å². The molecule has 0 spiro atoms. The SMILES string of the molecule is COC(=O)CCN(CCCN(C)C)Cc1cccc(-c2ccc(C(F)(F)F)cc2)c1. The van der Waals surface area contributed by atoms with Crippen LogP contribution in [0.15, 0.2) is 48.5 Å². The molecule has 0 saturated carbocycles. The molecule has 2 rings (SSSR count). The number of alkyl halides is 3. The van der Waals surface area contributed by atoms with Crippen LogP contribution in [0.3, 0.4) is 0 Å². The van der Waals surface area contributed by atoms with Gasteiger partial charge in [-0.15, -0.1) is 0 Å². The predicted octanol–water partition coefficient (Wildman–Crippen LogP) is 4.69. The van der Waals surface area contributed by atoms with Crippen LogP contribution in [0.2, 0.25) is 0 Å². The number of rotatable bonds is 10. The number of ether oxygens (including phenoxy) is 1. The molecular formula is C23H29F3N2O2. The van der Waals surface area contributed by atoms with E-state index in [4.69, 9.17) is 4.74 Å². The molecule has 4 nitrogen and oxygen atoms in total. The number of halogens is 3. The van der Waals surface area contributed by atoms with Gasteiger partial charge in [-0.25, -0.2) is 0 Å². The topological polar surface area (TPSA) is 32.8 Å². The minimum atomic E-state index is -4.34. The molecular weight excluding hydrogens is 393 g/mol. The summed E-state index contributed by atoms with van der Waals surface area (Å²) in [6, 6.07) is 13.0. The van der Waals surface area contributed by atoms with Crippen LogP contribution in [0.4, 0.5) is 13.2 Å². The summed E-state index contributed by atoms with van der Waals surface area (Å²) in [6.45, 7) is 3.02. The highest BCUT2D eigenvalue weighted by Gasteiger charge is 2.29. The molecule has 0 aliphatic rings. The van der Waals surface area contributed by atoms with E-state index in [0.717, 1.165) is 48.3 Å². The minimum Gasteiger partial charge on any atom is -0.469 e. The van der Waals surface area contributed by atoms with E-state index in [0.29, 0.717) is 19.5 Å². The summed E-state index contributed by atoms with van der Waals surface area (Å²) >= 11 is 0. The number of carbonyl (C=O) groups excluding carboxylic acids is 1. The molecule has 0 heterocycles. The standard InChI is InChI=1S/C23H29F3N2O2/c1-27(2)13-5-14-28(15-12-22(29)30-3)17-18-6-4-7-20(16-18)19-8-10-21(11-9-19)23(24,25)26/h4,6-11,16H,5,12-15,17H2,1-3H3. The molecule has 0 aromatic heterocycles. The summed E-state index contributed by atoms with van der Waals surface area (Å²) in [4.78, 5) is 15.9. The highest BCUT2D eigenvalue weighted by atomic mass is 19.4. The van der Waals surface area contributed by atoms with Crippen molar-refractivity contribution in [3.63, 3.8) is 0 Å². The van der Waals surface area contributed by atoms with Crippen molar-refractivity contribution < 1.29 is 22.7 Å². The predicted molar refractivity (Wildman–Crippen MR) is 112 cm³/mol. The van der Waals surface area contributed by atoms with Gasteiger partial charge in [-0.2, -0.15) is 13.2 Å². The summed E-state index contributed by atoms with van der Waals surface area (Å²) in [5.74, 6) is -0.244. The highest BCUT2D eigenvalue weighted by molar-refractivity contribution is 5.69. The van der Waals surface area contributed by atoms with Crippen LogP contribution >= 0.6 is 0 Å². The monoisotopic (exact) mass is 422 g/mol. The second-order valence-corrected chi connectivity index (χ2v) is 7.53. The zero-order valence-electron chi connectivity index (χ0n) is 17.7. The van der Waals surface area contributed by atoms with Gasteiger partial charge in [0.15, 0.2) is 0 Å². The van der Waals surface area contributed by atoms with Crippen molar-refractivity contribution in [3.8, 4) is 11.1 Å². The van der Waals surface area contributed by atoms with Gasteiger partial charge in [-0.1, -0.05) is 30.3 Å². The van der Waals surface area contributed by atoms with Crippen molar-refractivity contribution in [2.75, 3.05) is 40.8 Å². The summed E-state index contributed by atoms with van der Waals surface area (Å²) in [5, 5.41) is 0. The van der Waals surface area contributed by atoms with E-state index >= 15 is 0 Å². The largest absolute Gasteiger partial charge is 0.469 e. The Morgan fingerprint density at radius 2 is 1.67 bits per heavy atom. The van der Waals surface area contributed by atoms with E-state index < -0.39 is 11.7 Å². The van der Waals surface area contributed by atoms with Crippen LogP contribution in [-0.2, 0) is 22.3 Å². The summed E-state index contributed by atoms with van der Waals surface area (Å²) < 4.78 is 43.1. The van der Waals surface area contributed by atoms with Gasteiger partial charge in [0.05, 0.1) is 19.1 Å². The van der Waals surface area contributed by atoms with Gasteiger partial charge in [0.2, 0.25) is 0 Å². The van der Waals surface area contributed by atoms with Gasteiger partial charge < -0.3 is 9.64 Å². The van der Waals surface area contributed by atoms with Gasteiger partial charge in [-0.05, 0) is 68.5 Å². The molecule has 0 amide bonds. The summed E-state index contributed by atoms with van der Waals surface area (Å²) in [6.07, 6.45) is -3.06. The molecule has 0 bridgehead atoms. The maximum absolute atomic E-state index is 12.8. The number of nitrogens with zero attached hydrogens (tertiary/aromatic N) is 2. The number of hydrogen-bond donors (Lipinski definition) is 0. The van der Waals surface area contributed by atoms with E-state index in [-0.39, 0.29) is 5.97 Å². The Morgan fingerprint density at radius 1 is 0.967 bits per heavy atom. The van der Waals surface area contributed by atoms with Crippen LogP contribution in [0.25, 0.3) is 11.1 Å². The maximum atomic E-state index is 12.8. The van der Waals surface area contributed by atoms with Crippen LogP contribution in [-0.4, -0.2) is 56.6 Å². The molecule has 0 aliphatic heterocycles. The van der Waals surface area contributed by atoms with E-state index in [9.17, 15) is 18.0 Å². The first-order valence-corrected chi connectivity index (χ1v) is 9.89. The Bertz CT molecular complexity index is 805. The molecule has 0 saturated heterocycles.